The minimum absolute atomic E-state index is 0.127. The Morgan fingerprint density at radius 3 is 2.60 bits per heavy atom. The second kappa shape index (κ2) is 10.4. The Bertz CT molecular complexity index is 1190. The van der Waals surface area contributed by atoms with Gasteiger partial charge in [-0.25, -0.2) is 0 Å². The van der Waals surface area contributed by atoms with Crippen molar-refractivity contribution < 1.29 is 9.59 Å². The topological polar surface area (TPSA) is 116 Å². The van der Waals surface area contributed by atoms with Crippen LogP contribution in [-0.2, 0) is 4.79 Å². The van der Waals surface area contributed by atoms with Crippen molar-refractivity contribution in [1.82, 2.24) is 19.8 Å². The number of hydrogen-bond donors (Lipinski definition) is 3. The van der Waals surface area contributed by atoms with Crippen LogP contribution in [0.4, 0.5) is 11.4 Å². The van der Waals surface area contributed by atoms with Gasteiger partial charge in [0.15, 0.2) is 0 Å². The summed E-state index contributed by atoms with van der Waals surface area (Å²) >= 11 is 0. The van der Waals surface area contributed by atoms with E-state index in [4.69, 9.17) is 5.73 Å². The Labute approximate surface area is 204 Å². The van der Waals surface area contributed by atoms with Gasteiger partial charge in [-0.15, -0.1) is 0 Å². The maximum Gasteiger partial charge on any atom is 0.257 e. The minimum atomic E-state index is -0.219. The van der Waals surface area contributed by atoms with Gasteiger partial charge in [-0.05, 0) is 62.1 Å². The zero-order chi connectivity index (χ0) is 24.2. The lowest BCUT2D eigenvalue weighted by atomic mass is 10.0. The summed E-state index contributed by atoms with van der Waals surface area (Å²) < 4.78 is 0. The number of carbonyl (C=O) groups is 2. The number of anilines is 2. The fourth-order valence-corrected chi connectivity index (χ4v) is 4.96. The van der Waals surface area contributed by atoms with Gasteiger partial charge in [0.1, 0.15) is 0 Å². The summed E-state index contributed by atoms with van der Waals surface area (Å²) in [6, 6.07) is 11.5. The van der Waals surface area contributed by atoms with Gasteiger partial charge in [-0.2, -0.15) is 0 Å². The van der Waals surface area contributed by atoms with Crippen LogP contribution in [0.25, 0.3) is 10.9 Å². The molecule has 0 aliphatic carbocycles. The lowest BCUT2D eigenvalue weighted by Gasteiger charge is -2.34. The number of nitrogens with one attached hydrogen (secondary N) is 2. The third kappa shape index (κ3) is 5.26. The molecule has 9 nitrogen and oxygen atoms in total. The molecule has 2 aliphatic rings. The summed E-state index contributed by atoms with van der Waals surface area (Å²) in [5.74, 6) is -0.0810. The van der Waals surface area contributed by atoms with Crippen molar-refractivity contribution in [2.45, 2.75) is 37.9 Å². The molecule has 2 aliphatic heterocycles. The molecule has 4 N–H and O–H groups in total. The second-order valence-corrected chi connectivity index (χ2v) is 9.25. The van der Waals surface area contributed by atoms with Gasteiger partial charge in [-0.1, -0.05) is 0 Å². The van der Waals surface area contributed by atoms with E-state index < -0.39 is 0 Å². The monoisotopic (exact) mass is 473 g/mol. The lowest BCUT2D eigenvalue weighted by Crippen LogP contribution is -2.48. The molecular formula is C26H31N7O2. The number of amides is 2. The van der Waals surface area contributed by atoms with Crippen molar-refractivity contribution in [2.24, 2.45) is 5.73 Å². The van der Waals surface area contributed by atoms with Gasteiger partial charge in [0.05, 0.1) is 35.7 Å². The Balaban J connectivity index is 1.23. The van der Waals surface area contributed by atoms with Gasteiger partial charge in [-0.3, -0.25) is 24.5 Å². The maximum atomic E-state index is 12.9. The van der Waals surface area contributed by atoms with E-state index in [1.807, 2.05) is 29.2 Å². The number of carbonyl (C=O) groups excluding carboxylic acids is 2. The number of nitrogens with zero attached hydrogens (tertiary/aromatic N) is 4. The van der Waals surface area contributed by atoms with E-state index in [-0.39, 0.29) is 24.0 Å². The molecule has 0 radical (unpaired) electrons. The smallest absolute Gasteiger partial charge is 0.257 e. The Morgan fingerprint density at radius 1 is 1.03 bits per heavy atom. The van der Waals surface area contributed by atoms with Crippen LogP contribution in [0, 0.1) is 0 Å². The van der Waals surface area contributed by atoms with Crippen LogP contribution in [0.2, 0.25) is 0 Å². The standard InChI is InChI=1S/C26H31N7O2/c27-23-6-3-13-33(23)24(34)17-32-14-9-18(10-15-32)30-22-8-7-21(25-20(22)5-2-12-29-25)26(35)31-19-4-1-11-28-16-19/h1-2,4-5,7-8,11-12,16,18,23,30H,3,6,9-10,13-15,17,27H2,(H,31,35)/t23-/m0/s1. The molecule has 3 aromatic rings. The van der Waals surface area contributed by atoms with E-state index >= 15 is 0 Å². The van der Waals surface area contributed by atoms with Crippen LogP contribution >= 0.6 is 0 Å². The van der Waals surface area contributed by atoms with Crippen molar-refractivity contribution in [2.75, 3.05) is 36.8 Å². The number of hydrogen-bond acceptors (Lipinski definition) is 7. The van der Waals surface area contributed by atoms with Gasteiger partial charge in [0.25, 0.3) is 5.91 Å². The van der Waals surface area contributed by atoms with E-state index in [0.717, 1.165) is 56.4 Å². The SMILES string of the molecule is N[C@@H]1CCCN1C(=O)CN1CCC(Nc2ccc(C(=O)Nc3cccnc3)c3ncccc23)CC1. The lowest BCUT2D eigenvalue weighted by molar-refractivity contribution is -0.133. The highest BCUT2D eigenvalue weighted by Crippen LogP contribution is 2.28. The predicted molar refractivity (Wildman–Crippen MR) is 136 cm³/mol. The fourth-order valence-electron chi connectivity index (χ4n) is 4.96. The largest absolute Gasteiger partial charge is 0.382 e. The van der Waals surface area contributed by atoms with E-state index in [9.17, 15) is 9.59 Å². The zero-order valence-corrected chi connectivity index (χ0v) is 19.7. The molecule has 2 fully saturated rings. The molecule has 1 atom stereocenters. The van der Waals surface area contributed by atoms with Crippen LogP contribution < -0.4 is 16.4 Å². The van der Waals surface area contributed by atoms with Crippen molar-refractivity contribution in [3.8, 4) is 0 Å². The molecule has 2 amide bonds. The number of likely N-dealkylation sites (tertiary alicyclic amines) is 2. The Kier molecular flexibility index (Phi) is 6.87. The highest BCUT2D eigenvalue weighted by Gasteiger charge is 2.28. The number of nitrogens with two attached hydrogens (primary N) is 1. The third-order valence-corrected chi connectivity index (χ3v) is 6.86. The molecule has 9 heteroatoms. The molecule has 182 valence electrons. The van der Waals surface area contributed by atoms with Crippen LogP contribution in [0.15, 0.2) is 55.0 Å². The number of fused-ring (bicyclic) bond motifs is 1. The Morgan fingerprint density at radius 2 is 1.86 bits per heavy atom. The quantitative estimate of drug-likeness (QED) is 0.504. The first-order valence-electron chi connectivity index (χ1n) is 12.2. The van der Waals surface area contributed by atoms with Crippen LogP contribution in [0.3, 0.4) is 0 Å². The number of pyridine rings is 2. The van der Waals surface area contributed by atoms with Crippen molar-refractivity contribution >= 4 is 34.1 Å². The zero-order valence-electron chi connectivity index (χ0n) is 19.7. The summed E-state index contributed by atoms with van der Waals surface area (Å²) in [7, 11) is 0. The summed E-state index contributed by atoms with van der Waals surface area (Å²) in [4.78, 5) is 38.1. The molecule has 0 saturated carbocycles. The van der Waals surface area contributed by atoms with Crippen LogP contribution in [-0.4, -0.2) is 70.0 Å². The molecule has 0 bridgehead atoms. The van der Waals surface area contributed by atoms with Gasteiger partial charge >= 0.3 is 0 Å². The summed E-state index contributed by atoms with van der Waals surface area (Å²) in [6.07, 6.45) is 8.61. The van der Waals surface area contributed by atoms with E-state index in [2.05, 4.69) is 25.5 Å². The van der Waals surface area contributed by atoms with Gasteiger partial charge in [0.2, 0.25) is 5.91 Å². The highest BCUT2D eigenvalue weighted by atomic mass is 16.2. The van der Waals surface area contributed by atoms with Crippen LogP contribution in [0.5, 0.6) is 0 Å². The number of rotatable bonds is 6. The maximum absolute atomic E-state index is 12.9. The van der Waals surface area contributed by atoms with Crippen molar-refractivity contribution in [3.63, 3.8) is 0 Å². The first kappa shape index (κ1) is 23.2. The molecule has 5 rings (SSSR count). The first-order valence-corrected chi connectivity index (χ1v) is 12.2. The minimum Gasteiger partial charge on any atom is -0.382 e. The van der Waals surface area contributed by atoms with E-state index in [1.165, 1.54) is 0 Å². The molecule has 2 saturated heterocycles. The summed E-state index contributed by atoms with van der Waals surface area (Å²) in [5.41, 5.74) is 8.82. The molecule has 35 heavy (non-hydrogen) atoms. The van der Waals surface area contributed by atoms with Crippen molar-refractivity contribution in [3.05, 3.63) is 60.6 Å². The third-order valence-electron chi connectivity index (χ3n) is 6.86. The number of aromatic nitrogens is 2. The second-order valence-electron chi connectivity index (χ2n) is 9.25. The van der Waals surface area contributed by atoms with Gasteiger partial charge < -0.3 is 21.3 Å². The molecular weight excluding hydrogens is 442 g/mol. The van der Waals surface area contributed by atoms with E-state index in [1.54, 1.807) is 30.7 Å². The summed E-state index contributed by atoms with van der Waals surface area (Å²) in [6.45, 7) is 2.92. The van der Waals surface area contributed by atoms with Gasteiger partial charge in [0, 0.05) is 49.1 Å². The molecule has 4 heterocycles. The van der Waals surface area contributed by atoms with Crippen molar-refractivity contribution in [1.29, 1.82) is 0 Å². The molecule has 0 spiro atoms. The molecule has 0 unspecified atom stereocenters. The number of piperidine rings is 1. The summed E-state index contributed by atoms with van der Waals surface area (Å²) in [5, 5.41) is 7.45. The Hall–Kier alpha value is -3.56. The fraction of sp³-hybridized carbons (Fsp3) is 0.385. The first-order chi connectivity index (χ1) is 17.1. The molecule has 2 aromatic heterocycles. The van der Waals surface area contributed by atoms with E-state index in [0.29, 0.717) is 23.3 Å². The molecule has 1 aromatic carbocycles. The number of benzene rings is 1. The average molecular weight is 474 g/mol. The highest BCUT2D eigenvalue weighted by molar-refractivity contribution is 6.13. The predicted octanol–water partition coefficient (Wildman–Crippen LogP) is 2.67. The normalized spacial score (nSPS) is 19.1. The average Bonchev–Trinajstić information content (AvgIpc) is 3.32. The van der Waals surface area contributed by atoms with Crippen LogP contribution in [0.1, 0.15) is 36.0 Å².